The predicted octanol–water partition coefficient (Wildman–Crippen LogP) is 2.02. The normalized spacial score (nSPS) is 15.8. The number of nitrogens with zero attached hydrogens (tertiary/aromatic N) is 1. The summed E-state index contributed by atoms with van der Waals surface area (Å²) < 4.78 is 0. The highest BCUT2D eigenvalue weighted by Gasteiger charge is 2.28. The molecule has 0 bridgehead atoms. The Labute approximate surface area is 99.6 Å². The molecule has 1 amide bonds. The zero-order chi connectivity index (χ0) is 12.0. The Bertz CT molecular complexity index is 212. The van der Waals surface area contributed by atoms with Crippen LogP contribution in [0.2, 0.25) is 0 Å². The first kappa shape index (κ1) is 13.5. The molecule has 0 saturated heterocycles. The van der Waals surface area contributed by atoms with Crippen LogP contribution in [0.5, 0.6) is 0 Å². The Balaban J connectivity index is 2.05. The first-order chi connectivity index (χ1) is 7.65. The van der Waals surface area contributed by atoms with Crippen LogP contribution in [0, 0.1) is 5.92 Å². The smallest absolute Gasteiger partial charge is 0.223 e. The summed E-state index contributed by atoms with van der Waals surface area (Å²) in [6, 6.07) is 0.610. The fourth-order valence-corrected chi connectivity index (χ4v) is 1.90. The molecular weight excluding hydrogens is 200 g/mol. The summed E-state index contributed by atoms with van der Waals surface area (Å²) in [7, 11) is 0. The van der Waals surface area contributed by atoms with Crippen molar-refractivity contribution in [2.45, 2.75) is 52.5 Å². The summed E-state index contributed by atoms with van der Waals surface area (Å²) in [6.45, 7) is 9.77. The minimum atomic E-state index is 0.270. The first-order valence-electron chi connectivity index (χ1n) is 6.67. The van der Waals surface area contributed by atoms with E-state index in [1.165, 1.54) is 6.42 Å². The van der Waals surface area contributed by atoms with Gasteiger partial charge in [-0.25, -0.2) is 0 Å². The van der Waals surface area contributed by atoms with Gasteiger partial charge in [0.2, 0.25) is 5.91 Å². The maximum atomic E-state index is 11.4. The van der Waals surface area contributed by atoms with E-state index < -0.39 is 0 Å². The van der Waals surface area contributed by atoms with Gasteiger partial charge in [0.15, 0.2) is 0 Å². The largest absolute Gasteiger partial charge is 0.356 e. The second-order valence-electron chi connectivity index (χ2n) is 5.05. The summed E-state index contributed by atoms with van der Waals surface area (Å²) in [5.74, 6) is 0.614. The first-order valence-corrected chi connectivity index (χ1v) is 6.67. The highest BCUT2D eigenvalue weighted by atomic mass is 16.2. The van der Waals surface area contributed by atoms with Gasteiger partial charge >= 0.3 is 0 Å². The molecule has 0 atom stereocenters. The number of hydrogen-bond donors (Lipinski definition) is 1. The number of rotatable bonds is 8. The molecule has 0 aromatic heterocycles. The monoisotopic (exact) mass is 226 g/mol. The third-order valence-electron chi connectivity index (χ3n) is 3.11. The zero-order valence-electron chi connectivity index (χ0n) is 11.0. The zero-order valence-corrected chi connectivity index (χ0v) is 11.0. The third kappa shape index (κ3) is 4.97. The molecule has 94 valence electrons. The second kappa shape index (κ2) is 6.89. The molecule has 3 heteroatoms. The molecule has 0 unspecified atom stereocenters. The fraction of sp³-hybridized carbons (Fsp3) is 0.923. The molecule has 1 aliphatic carbocycles. The second-order valence-corrected chi connectivity index (χ2v) is 5.05. The summed E-state index contributed by atoms with van der Waals surface area (Å²) in [5.41, 5.74) is 0. The average molecular weight is 226 g/mol. The summed E-state index contributed by atoms with van der Waals surface area (Å²) in [5, 5.41) is 3.02. The van der Waals surface area contributed by atoms with Gasteiger partial charge in [-0.1, -0.05) is 6.92 Å². The van der Waals surface area contributed by atoms with Gasteiger partial charge < -0.3 is 10.2 Å². The molecule has 1 fully saturated rings. The molecule has 0 aromatic carbocycles. The topological polar surface area (TPSA) is 32.3 Å². The van der Waals surface area contributed by atoms with Gasteiger partial charge in [-0.3, -0.25) is 4.79 Å². The minimum absolute atomic E-state index is 0.270. The lowest BCUT2D eigenvalue weighted by atomic mass is 10.2. The number of carbonyl (C=O) groups is 1. The molecule has 1 aliphatic rings. The van der Waals surface area contributed by atoms with E-state index in [1.807, 2.05) is 0 Å². The minimum Gasteiger partial charge on any atom is -0.356 e. The van der Waals surface area contributed by atoms with Gasteiger partial charge in [0.25, 0.3) is 0 Å². The molecule has 0 aromatic rings. The van der Waals surface area contributed by atoms with Crippen molar-refractivity contribution in [1.29, 1.82) is 0 Å². The van der Waals surface area contributed by atoms with Crippen LogP contribution in [0.1, 0.15) is 46.5 Å². The van der Waals surface area contributed by atoms with Gasteiger partial charge in [0, 0.05) is 25.0 Å². The highest BCUT2D eigenvalue weighted by Crippen LogP contribution is 2.28. The van der Waals surface area contributed by atoms with Crippen molar-refractivity contribution in [3.8, 4) is 0 Å². The van der Waals surface area contributed by atoms with Crippen LogP contribution in [-0.2, 0) is 4.79 Å². The maximum absolute atomic E-state index is 11.4. The Morgan fingerprint density at radius 1 is 1.38 bits per heavy atom. The van der Waals surface area contributed by atoms with E-state index in [9.17, 15) is 4.79 Å². The Hall–Kier alpha value is -0.570. The Kier molecular flexibility index (Phi) is 5.81. The highest BCUT2D eigenvalue weighted by molar-refractivity contribution is 5.80. The van der Waals surface area contributed by atoms with Crippen LogP contribution in [0.15, 0.2) is 0 Å². The summed E-state index contributed by atoms with van der Waals surface area (Å²) in [4.78, 5) is 13.9. The van der Waals surface area contributed by atoms with E-state index in [2.05, 4.69) is 31.0 Å². The summed E-state index contributed by atoms with van der Waals surface area (Å²) in [6.07, 6.45) is 4.46. The van der Waals surface area contributed by atoms with Crippen LogP contribution in [0.4, 0.5) is 0 Å². The van der Waals surface area contributed by atoms with E-state index >= 15 is 0 Å². The van der Waals surface area contributed by atoms with Gasteiger partial charge in [0.1, 0.15) is 0 Å². The molecule has 0 radical (unpaired) electrons. The SMILES string of the molecule is CCCN(CCCNC(=O)C1CC1)C(C)C. The standard InChI is InChI=1S/C13H26N2O/c1-4-9-15(11(2)3)10-5-8-14-13(16)12-6-7-12/h11-12H,4-10H2,1-3H3,(H,14,16). The van der Waals surface area contributed by atoms with Crippen LogP contribution in [0.3, 0.4) is 0 Å². The number of hydrogen-bond acceptors (Lipinski definition) is 2. The van der Waals surface area contributed by atoms with Crippen molar-refractivity contribution in [2.24, 2.45) is 5.92 Å². The molecule has 3 nitrogen and oxygen atoms in total. The van der Waals surface area contributed by atoms with Crippen LogP contribution in [0.25, 0.3) is 0 Å². The molecule has 0 aliphatic heterocycles. The van der Waals surface area contributed by atoms with Gasteiger partial charge in [-0.2, -0.15) is 0 Å². The molecular formula is C13H26N2O. The molecule has 0 heterocycles. The van der Waals surface area contributed by atoms with E-state index in [4.69, 9.17) is 0 Å². The van der Waals surface area contributed by atoms with Crippen molar-refractivity contribution in [1.82, 2.24) is 10.2 Å². The van der Waals surface area contributed by atoms with Crippen LogP contribution in [-0.4, -0.2) is 36.5 Å². The maximum Gasteiger partial charge on any atom is 0.223 e. The van der Waals surface area contributed by atoms with E-state index in [0.29, 0.717) is 12.0 Å². The molecule has 0 spiro atoms. The summed E-state index contributed by atoms with van der Waals surface area (Å²) >= 11 is 0. The van der Waals surface area contributed by atoms with Crippen molar-refractivity contribution in [3.05, 3.63) is 0 Å². The lowest BCUT2D eigenvalue weighted by Gasteiger charge is -2.25. The average Bonchev–Trinajstić information content (AvgIpc) is 3.05. The predicted molar refractivity (Wildman–Crippen MR) is 67.4 cm³/mol. The lowest BCUT2D eigenvalue weighted by Crippen LogP contribution is -2.35. The Morgan fingerprint density at radius 3 is 2.56 bits per heavy atom. The van der Waals surface area contributed by atoms with Gasteiger partial charge in [-0.15, -0.1) is 0 Å². The van der Waals surface area contributed by atoms with Crippen molar-refractivity contribution < 1.29 is 4.79 Å². The number of carbonyl (C=O) groups excluding carboxylic acids is 1. The number of nitrogens with one attached hydrogen (secondary N) is 1. The number of amides is 1. The van der Waals surface area contributed by atoms with Gasteiger partial charge in [0.05, 0.1) is 0 Å². The molecule has 1 rings (SSSR count). The van der Waals surface area contributed by atoms with Crippen molar-refractivity contribution in [2.75, 3.05) is 19.6 Å². The lowest BCUT2D eigenvalue weighted by molar-refractivity contribution is -0.122. The quantitative estimate of drug-likeness (QED) is 0.642. The molecule has 1 saturated carbocycles. The Morgan fingerprint density at radius 2 is 2.06 bits per heavy atom. The van der Waals surface area contributed by atoms with Crippen LogP contribution >= 0.6 is 0 Å². The van der Waals surface area contributed by atoms with E-state index in [1.54, 1.807) is 0 Å². The third-order valence-corrected chi connectivity index (χ3v) is 3.11. The van der Waals surface area contributed by atoms with E-state index in [-0.39, 0.29) is 5.91 Å². The van der Waals surface area contributed by atoms with Gasteiger partial charge in [-0.05, 0) is 46.1 Å². The van der Waals surface area contributed by atoms with Crippen molar-refractivity contribution >= 4 is 5.91 Å². The van der Waals surface area contributed by atoms with Crippen LogP contribution < -0.4 is 5.32 Å². The fourth-order valence-electron chi connectivity index (χ4n) is 1.90. The van der Waals surface area contributed by atoms with Crippen molar-refractivity contribution in [3.63, 3.8) is 0 Å². The molecule has 16 heavy (non-hydrogen) atoms. The molecule has 1 N–H and O–H groups in total. The van der Waals surface area contributed by atoms with E-state index in [0.717, 1.165) is 38.9 Å².